The highest BCUT2D eigenvalue weighted by Crippen LogP contribution is 2.50. The van der Waals surface area contributed by atoms with Crippen LogP contribution < -0.4 is 15.1 Å². The van der Waals surface area contributed by atoms with Crippen LogP contribution >= 0.6 is 0 Å². The van der Waals surface area contributed by atoms with Gasteiger partial charge < -0.3 is 9.15 Å². The third-order valence-corrected chi connectivity index (χ3v) is 14.3. The predicted molar refractivity (Wildman–Crippen MR) is 246 cm³/mol. The molecule has 0 amide bonds. The van der Waals surface area contributed by atoms with Gasteiger partial charge in [-0.1, -0.05) is 134 Å². The van der Waals surface area contributed by atoms with E-state index in [4.69, 9.17) is 21.5 Å². The number of oxazole rings is 1. The standard InChI is InChI=1S/C54H40N2O2Si/c1-31-23-27-48-53(50(31)34-24-25-41-39-18-9-8-16-37(39)35-14-6-7-15-36(35)38-17-10-11-19-40(38)43(41)29-34)57-47-28-33(3)42(30-49(47)59(48,4)5)51-32(2)22-26-46-52(51)58-54-55-44-20-12-13-21-45(44)56(46)54/h6-30H,1-5H3/i1D3,2D3,3D3,4D3,5D3. The average molecular weight is 792 g/mol. The van der Waals surface area contributed by atoms with Gasteiger partial charge in [-0.15, -0.1) is 0 Å². The van der Waals surface area contributed by atoms with Crippen LogP contribution in [-0.2, 0) is 0 Å². The molecule has 3 heterocycles. The Balaban J connectivity index is 1.17. The van der Waals surface area contributed by atoms with E-state index in [9.17, 15) is 8.22 Å². The van der Waals surface area contributed by atoms with Crippen molar-refractivity contribution in [2.24, 2.45) is 0 Å². The van der Waals surface area contributed by atoms with E-state index in [2.05, 4.69) is 11.1 Å². The highest BCUT2D eigenvalue weighted by atomic mass is 28.3. The first-order chi connectivity index (χ1) is 34.9. The van der Waals surface area contributed by atoms with Crippen LogP contribution in [-0.4, -0.2) is 17.5 Å². The molecular weight excluding hydrogens is 737 g/mol. The maximum Gasteiger partial charge on any atom is 0.307 e. The summed E-state index contributed by atoms with van der Waals surface area (Å²) in [6.45, 7) is -15.6. The number of hydrogen-bond acceptors (Lipinski definition) is 3. The fourth-order valence-corrected chi connectivity index (χ4v) is 11.2. The average Bonchev–Trinajstić information content (AvgIpc) is 3.90. The zero-order chi connectivity index (χ0) is 52.2. The van der Waals surface area contributed by atoms with Crippen LogP contribution in [0.25, 0.3) is 94.7 Å². The Morgan fingerprint density at radius 1 is 0.508 bits per heavy atom. The van der Waals surface area contributed by atoms with Gasteiger partial charge >= 0.3 is 5.84 Å². The second kappa shape index (κ2) is 12.3. The molecule has 1 aliphatic carbocycles. The molecule has 8 aromatic carbocycles. The van der Waals surface area contributed by atoms with Crippen LogP contribution in [0.15, 0.2) is 156 Å². The smallest absolute Gasteiger partial charge is 0.307 e. The Labute approximate surface area is 365 Å². The van der Waals surface area contributed by atoms with Gasteiger partial charge in [0.15, 0.2) is 5.58 Å². The highest BCUT2D eigenvalue weighted by Gasteiger charge is 2.39. The molecular formula is C54H40N2O2Si. The Hall–Kier alpha value is -6.95. The van der Waals surface area contributed by atoms with E-state index < -0.39 is 52.9 Å². The lowest BCUT2D eigenvalue weighted by molar-refractivity contribution is 0.488. The first-order valence-electron chi connectivity index (χ1n) is 26.7. The Morgan fingerprint density at radius 3 is 1.80 bits per heavy atom. The molecule has 2 aliphatic rings. The molecule has 0 spiro atoms. The molecule has 0 saturated heterocycles. The van der Waals surface area contributed by atoms with Crippen LogP contribution in [0.4, 0.5) is 0 Å². The number of benzene rings is 8. The lowest BCUT2D eigenvalue weighted by atomic mass is 9.80. The van der Waals surface area contributed by atoms with E-state index in [0.29, 0.717) is 22.1 Å². The topological polar surface area (TPSA) is 39.7 Å². The molecule has 0 atom stereocenters. The van der Waals surface area contributed by atoms with Crippen LogP contribution in [0.2, 0.25) is 13.0 Å². The Bertz CT molecular complexity index is 3990. The maximum absolute atomic E-state index is 9.41. The second-order valence-electron chi connectivity index (χ2n) is 15.2. The molecule has 0 fully saturated rings. The number of ether oxygens (including phenoxy) is 1. The molecule has 282 valence electrons. The van der Waals surface area contributed by atoms with Crippen LogP contribution in [0.5, 0.6) is 11.5 Å². The van der Waals surface area contributed by atoms with Gasteiger partial charge in [0.25, 0.3) is 0 Å². The van der Waals surface area contributed by atoms with Gasteiger partial charge in [-0.2, -0.15) is 4.98 Å². The summed E-state index contributed by atoms with van der Waals surface area (Å²) in [4.78, 5) is 4.60. The van der Waals surface area contributed by atoms with Gasteiger partial charge in [0.2, 0.25) is 0 Å². The quantitative estimate of drug-likeness (QED) is 0.164. The number of fused-ring (bicyclic) bond motifs is 15. The molecule has 0 N–H and O–H groups in total. The number of hydrogen-bond donors (Lipinski definition) is 0. The summed E-state index contributed by atoms with van der Waals surface area (Å²) in [5, 5.41) is -0.637. The van der Waals surface area contributed by atoms with Crippen molar-refractivity contribution >= 4 is 46.4 Å². The third kappa shape index (κ3) is 4.79. The van der Waals surface area contributed by atoms with Crippen LogP contribution in [0, 0.1) is 20.6 Å². The number of aromatic nitrogens is 2. The molecule has 12 rings (SSSR count). The fraction of sp³-hybridized carbons (Fsp3) is 0.0926. The Kier molecular flexibility index (Phi) is 4.63. The zero-order valence-electron chi connectivity index (χ0n) is 46.1. The van der Waals surface area contributed by atoms with E-state index in [-0.39, 0.29) is 60.9 Å². The molecule has 5 heteroatoms. The first kappa shape index (κ1) is 22.3. The van der Waals surface area contributed by atoms with E-state index >= 15 is 0 Å². The van der Waals surface area contributed by atoms with E-state index in [0.717, 1.165) is 51.1 Å². The van der Waals surface area contributed by atoms with Crippen molar-refractivity contribution in [2.75, 3.05) is 0 Å². The monoisotopic (exact) mass is 791 g/mol. The highest BCUT2D eigenvalue weighted by molar-refractivity contribution is 7.02. The fourth-order valence-electron chi connectivity index (χ4n) is 9.22. The first-order valence-corrected chi connectivity index (χ1v) is 21.2. The molecule has 0 unspecified atom stereocenters. The molecule has 2 aromatic heterocycles. The maximum atomic E-state index is 9.41. The zero-order valence-corrected chi connectivity index (χ0v) is 32.1. The molecule has 0 radical (unpaired) electrons. The number of imidazole rings is 1. The normalized spacial score (nSPS) is 18.3. The Morgan fingerprint density at radius 2 is 1.12 bits per heavy atom. The van der Waals surface area contributed by atoms with Crippen molar-refractivity contribution in [1.82, 2.24) is 9.38 Å². The summed E-state index contributed by atoms with van der Waals surface area (Å²) in [7, 11) is -5.47. The van der Waals surface area contributed by atoms with Crippen molar-refractivity contribution in [1.29, 1.82) is 0 Å². The lowest BCUT2D eigenvalue weighted by Crippen LogP contribution is -2.56. The van der Waals surface area contributed by atoms with E-state index in [1.807, 2.05) is 78.9 Å². The second-order valence-corrected chi connectivity index (χ2v) is 17.7. The van der Waals surface area contributed by atoms with Gasteiger partial charge in [-0.3, -0.25) is 4.40 Å². The van der Waals surface area contributed by atoms with Gasteiger partial charge in [-0.05, 0) is 134 Å². The van der Waals surface area contributed by atoms with Crippen LogP contribution in [0.1, 0.15) is 37.3 Å². The van der Waals surface area contributed by atoms with Gasteiger partial charge in [0.05, 0.1) is 16.6 Å². The van der Waals surface area contributed by atoms with E-state index in [1.165, 1.54) is 24.3 Å². The van der Waals surface area contributed by atoms with E-state index in [1.54, 1.807) is 34.7 Å². The number of aryl methyl sites for hydroxylation is 3. The lowest BCUT2D eigenvalue weighted by Gasteiger charge is -2.35. The largest absolute Gasteiger partial charge is 0.457 e. The van der Waals surface area contributed by atoms with Crippen molar-refractivity contribution in [2.45, 2.75) is 33.5 Å². The van der Waals surface area contributed by atoms with Crippen molar-refractivity contribution < 1.29 is 29.7 Å². The van der Waals surface area contributed by atoms with Gasteiger partial charge in [0.1, 0.15) is 19.6 Å². The van der Waals surface area contributed by atoms with Crippen LogP contribution in [0.3, 0.4) is 0 Å². The summed E-state index contributed by atoms with van der Waals surface area (Å²) in [5.74, 6) is -0.711. The molecule has 1 aliphatic heterocycles. The molecule has 0 bridgehead atoms. The molecule has 10 aromatic rings. The number of para-hydroxylation sites is 2. The number of nitrogens with zero attached hydrogens (tertiary/aromatic N) is 2. The summed E-state index contributed by atoms with van der Waals surface area (Å²) in [5.41, 5.74) is 6.99. The van der Waals surface area contributed by atoms with Crippen molar-refractivity contribution in [3.8, 4) is 78.3 Å². The summed E-state index contributed by atoms with van der Waals surface area (Å²) in [6, 6.07) is 43.8. The minimum absolute atomic E-state index is 0.0629. The minimum atomic E-state index is -5.47. The number of rotatable bonds is 2. The van der Waals surface area contributed by atoms with Crippen molar-refractivity contribution in [3.63, 3.8) is 0 Å². The molecule has 59 heavy (non-hydrogen) atoms. The summed E-state index contributed by atoms with van der Waals surface area (Å²) < 4.78 is 151. The summed E-state index contributed by atoms with van der Waals surface area (Å²) in [6.07, 6.45) is 0. The SMILES string of the molecule is [2H]C([2H])([2H])c1cc2c(cc1-c1c(C([2H])([2H])[2H])ccc3c1oc1nc4ccccc4n13)[Si](C([2H])([2H])[2H])(C([2H])([2H])[2H])c1ccc(C([2H])([2H])[2H])c(-c3ccc4c(c3)-c3ccccc3-c3ccccc3-c3ccccc3-4)c1O2. The summed E-state index contributed by atoms with van der Waals surface area (Å²) >= 11 is 0. The van der Waals surface area contributed by atoms with Crippen molar-refractivity contribution in [3.05, 3.63) is 168 Å². The van der Waals surface area contributed by atoms with Gasteiger partial charge in [0, 0.05) is 31.7 Å². The minimum Gasteiger partial charge on any atom is -0.457 e. The van der Waals surface area contributed by atoms with Gasteiger partial charge in [-0.25, -0.2) is 0 Å². The molecule has 4 nitrogen and oxygen atoms in total. The third-order valence-electron chi connectivity index (χ3n) is 11.9. The molecule has 0 saturated carbocycles. The predicted octanol–water partition coefficient (Wildman–Crippen LogP) is 13.4.